The molecule has 0 aliphatic carbocycles. The van der Waals surface area contributed by atoms with Gasteiger partial charge in [0.25, 0.3) is 0 Å². The van der Waals surface area contributed by atoms with Crippen molar-refractivity contribution in [3.8, 4) is 0 Å². The number of hydrogen-bond donors (Lipinski definition) is 0. The smallest absolute Gasteiger partial charge is 0.306 e. The molecule has 0 rings (SSSR count). The van der Waals surface area contributed by atoms with E-state index in [1.165, 1.54) is 135 Å². The van der Waals surface area contributed by atoms with Crippen LogP contribution in [0, 0.1) is 0 Å². The molecule has 0 aromatic carbocycles. The van der Waals surface area contributed by atoms with Crippen LogP contribution in [0.2, 0.25) is 0 Å². The fraction of sp³-hybridized carbons (Fsp3) is 0.967. The second-order valence-corrected chi connectivity index (χ2v) is 11.1. The van der Waals surface area contributed by atoms with Gasteiger partial charge < -0.3 is 4.74 Å². The Balaban J connectivity index is 3.10. The molecule has 0 unspecified atom stereocenters. The summed E-state index contributed by atoms with van der Waals surface area (Å²) in [5, 5.41) is 0. The molecular weight excluding hydrogens is 392 g/mol. The molecule has 32 heavy (non-hydrogen) atoms. The van der Waals surface area contributed by atoms with Gasteiger partial charge in [-0.25, -0.2) is 0 Å². The first-order valence-corrected chi connectivity index (χ1v) is 14.7. The number of hydrogen-bond acceptors (Lipinski definition) is 2. The van der Waals surface area contributed by atoms with Gasteiger partial charge in [-0.1, -0.05) is 148 Å². The van der Waals surface area contributed by atoms with Crippen LogP contribution >= 0.6 is 0 Å². The molecule has 0 amide bonds. The molecule has 0 spiro atoms. The van der Waals surface area contributed by atoms with E-state index in [2.05, 4.69) is 6.92 Å². The summed E-state index contributed by atoms with van der Waals surface area (Å²) in [6.07, 6.45) is 32.7. The predicted octanol–water partition coefficient (Wildman–Crippen LogP) is 10.7. The molecule has 192 valence electrons. The van der Waals surface area contributed by atoms with E-state index in [4.69, 9.17) is 4.74 Å². The number of ether oxygens (including phenoxy) is 1. The molecule has 0 heterocycles. The third-order valence-electron chi connectivity index (χ3n) is 6.40. The van der Waals surface area contributed by atoms with Gasteiger partial charge in [0.05, 0.1) is 0 Å². The van der Waals surface area contributed by atoms with Crippen molar-refractivity contribution < 1.29 is 9.53 Å². The van der Waals surface area contributed by atoms with Crippen molar-refractivity contribution in [2.45, 2.75) is 187 Å². The largest absolute Gasteiger partial charge is 0.460 e. The lowest BCUT2D eigenvalue weighted by Crippen LogP contribution is -2.23. The van der Waals surface area contributed by atoms with Crippen LogP contribution in [0.3, 0.4) is 0 Å². The van der Waals surface area contributed by atoms with E-state index >= 15 is 0 Å². The highest BCUT2D eigenvalue weighted by Crippen LogP contribution is 2.16. The number of carbonyl (C=O) groups is 1. The maximum absolute atomic E-state index is 11.7. The zero-order chi connectivity index (χ0) is 23.8. The molecule has 0 aliphatic heterocycles. The van der Waals surface area contributed by atoms with Gasteiger partial charge in [-0.2, -0.15) is 0 Å². The summed E-state index contributed by atoms with van der Waals surface area (Å²) in [7, 11) is 0. The topological polar surface area (TPSA) is 26.3 Å². The second kappa shape index (κ2) is 23.6. The van der Waals surface area contributed by atoms with Crippen molar-refractivity contribution in [2.75, 3.05) is 0 Å². The highest BCUT2D eigenvalue weighted by Gasteiger charge is 2.15. The molecule has 0 bridgehead atoms. The summed E-state index contributed by atoms with van der Waals surface area (Å²) >= 11 is 0. The van der Waals surface area contributed by atoms with Crippen LogP contribution in [0.25, 0.3) is 0 Å². The quantitative estimate of drug-likeness (QED) is 0.107. The normalized spacial score (nSPS) is 11.8. The SMILES string of the molecule is CCCCCCCCCCCCCCCCCCCCCCCCCC(=O)OC(C)(C)C. The van der Waals surface area contributed by atoms with Gasteiger partial charge >= 0.3 is 5.97 Å². The minimum absolute atomic E-state index is 0.0407. The third kappa shape index (κ3) is 27.5. The van der Waals surface area contributed by atoms with E-state index in [9.17, 15) is 4.79 Å². The van der Waals surface area contributed by atoms with E-state index in [1.807, 2.05) is 20.8 Å². The molecule has 0 aliphatic rings. The number of rotatable bonds is 24. The monoisotopic (exact) mass is 452 g/mol. The molecule has 0 N–H and O–H groups in total. The fourth-order valence-corrected chi connectivity index (χ4v) is 4.45. The molecule has 0 fully saturated rings. The minimum Gasteiger partial charge on any atom is -0.460 e. The average molecular weight is 453 g/mol. The molecule has 0 aromatic heterocycles. The van der Waals surface area contributed by atoms with Crippen molar-refractivity contribution in [3.05, 3.63) is 0 Å². The van der Waals surface area contributed by atoms with Gasteiger partial charge in [0.15, 0.2) is 0 Å². The van der Waals surface area contributed by atoms with Crippen molar-refractivity contribution in [1.82, 2.24) is 0 Å². The molecule has 2 heteroatoms. The van der Waals surface area contributed by atoms with Crippen molar-refractivity contribution in [1.29, 1.82) is 0 Å². The van der Waals surface area contributed by atoms with Gasteiger partial charge in [-0.05, 0) is 27.2 Å². The zero-order valence-corrected chi connectivity index (χ0v) is 22.8. The molecule has 2 nitrogen and oxygen atoms in total. The maximum atomic E-state index is 11.7. The van der Waals surface area contributed by atoms with E-state index in [0.717, 1.165) is 12.8 Å². The summed E-state index contributed by atoms with van der Waals surface area (Å²) in [5.41, 5.74) is -0.343. The Kier molecular flexibility index (Phi) is 23.2. The zero-order valence-electron chi connectivity index (χ0n) is 22.8. The Labute approximate surface area is 203 Å². The molecule has 0 aromatic rings. The van der Waals surface area contributed by atoms with Gasteiger partial charge in [-0.3, -0.25) is 4.79 Å². The van der Waals surface area contributed by atoms with E-state index < -0.39 is 0 Å². The van der Waals surface area contributed by atoms with Crippen LogP contribution in [0.4, 0.5) is 0 Å². The van der Waals surface area contributed by atoms with Crippen LogP contribution < -0.4 is 0 Å². The van der Waals surface area contributed by atoms with E-state index in [-0.39, 0.29) is 11.6 Å². The van der Waals surface area contributed by atoms with Crippen LogP contribution in [0.15, 0.2) is 0 Å². The van der Waals surface area contributed by atoms with Crippen molar-refractivity contribution in [2.24, 2.45) is 0 Å². The van der Waals surface area contributed by atoms with E-state index in [0.29, 0.717) is 6.42 Å². The van der Waals surface area contributed by atoms with E-state index in [1.54, 1.807) is 0 Å². The second-order valence-electron chi connectivity index (χ2n) is 11.1. The van der Waals surface area contributed by atoms with Gasteiger partial charge in [0, 0.05) is 6.42 Å². The maximum Gasteiger partial charge on any atom is 0.306 e. The summed E-state index contributed by atoms with van der Waals surface area (Å²) < 4.78 is 5.35. The highest BCUT2D eigenvalue weighted by atomic mass is 16.6. The van der Waals surface area contributed by atoms with Gasteiger partial charge in [0.1, 0.15) is 5.60 Å². The average Bonchev–Trinajstić information content (AvgIpc) is 2.73. The molecule has 0 saturated carbocycles. The first kappa shape index (κ1) is 31.5. The summed E-state index contributed by atoms with van der Waals surface area (Å²) in [5.74, 6) is -0.0407. The number of esters is 1. The molecular formula is C30H60O2. The molecule has 0 atom stereocenters. The Morgan fingerprint density at radius 2 is 0.719 bits per heavy atom. The van der Waals surface area contributed by atoms with Gasteiger partial charge in [0.2, 0.25) is 0 Å². The fourth-order valence-electron chi connectivity index (χ4n) is 4.45. The summed E-state index contributed by atoms with van der Waals surface area (Å²) in [4.78, 5) is 11.7. The Hall–Kier alpha value is -0.530. The van der Waals surface area contributed by atoms with Crippen LogP contribution in [-0.4, -0.2) is 11.6 Å². The van der Waals surface area contributed by atoms with Crippen LogP contribution in [0.1, 0.15) is 182 Å². The van der Waals surface area contributed by atoms with Crippen LogP contribution in [-0.2, 0) is 9.53 Å². The molecule has 0 radical (unpaired) electrons. The lowest BCUT2D eigenvalue weighted by atomic mass is 10.0. The third-order valence-corrected chi connectivity index (χ3v) is 6.40. The van der Waals surface area contributed by atoms with Crippen molar-refractivity contribution >= 4 is 5.97 Å². The first-order valence-electron chi connectivity index (χ1n) is 14.7. The number of carbonyl (C=O) groups excluding carboxylic acids is 1. The number of unbranched alkanes of at least 4 members (excludes halogenated alkanes) is 22. The van der Waals surface area contributed by atoms with Crippen molar-refractivity contribution in [3.63, 3.8) is 0 Å². The summed E-state index contributed by atoms with van der Waals surface area (Å²) in [6, 6.07) is 0. The Bertz CT molecular complexity index is 383. The minimum atomic E-state index is -0.343. The first-order chi connectivity index (χ1) is 15.5. The van der Waals surface area contributed by atoms with Gasteiger partial charge in [-0.15, -0.1) is 0 Å². The Morgan fingerprint density at radius 3 is 0.969 bits per heavy atom. The molecule has 0 saturated heterocycles. The highest BCUT2D eigenvalue weighted by molar-refractivity contribution is 5.69. The summed E-state index contributed by atoms with van der Waals surface area (Å²) in [6.45, 7) is 8.10. The predicted molar refractivity (Wildman–Crippen MR) is 142 cm³/mol. The lowest BCUT2D eigenvalue weighted by molar-refractivity contribution is -0.154. The van der Waals surface area contributed by atoms with Crippen LogP contribution in [0.5, 0.6) is 0 Å². The standard InChI is InChI=1S/C30H60O2/c1-5-6-7-8-9-10-11-12-13-14-15-16-17-18-19-20-21-22-23-24-25-26-27-28-29(31)32-30(2,3)4/h5-28H2,1-4H3. The lowest BCUT2D eigenvalue weighted by Gasteiger charge is -2.19. The Morgan fingerprint density at radius 1 is 0.469 bits per heavy atom.